The maximum Gasteiger partial charge on any atom is 0.00792 e. The predicted octanol–water partition coefficient (Wildman–Crippen LogP) is 3.31. The van der Waals surface area contributed by atoms with Crippen molar-refractivity contribution in [2.75, 3.05) is 13.1 Å². The molecular formula is C15H32N2. The van der Waals surface area contributed by atoms with E-state index in [0.717, 1.165) is 25.4 Å². The molecule has 0 aromatic carbocycles. The number of unbranched alkanes of at least 4 members (excludes halogenated alkanes) is 2. The largest absolute Gasteiger partial charge is 0.327 e. The second-order valence-corrected chi connectivity index (χ2v) is 6.59. The van der Waals surface area contributed by atoms with E-state index in [0.29, 0.717) is 11.5 Å². The zero-order chi connectivity index (χ0) is 12.7. The molecule has 1 rings (SSSR count). The van der Waals surface area contributed by atoms with Gasteiger partial charge in [0.2, 0.25) is 0 Å². The van der Waals surface area contributed by atoms with Crippen LogP contribution < -0.4 is 11.1 Å². The van der Waals surface area contributed by atoms with Gasteiger partial charge in [0, 0.05) is 12.6 Å². The van der Waals surface area contributed by atoms with E-state index in [4.69, 9.17) is 5.73 Å². The van der Waals surface area contributed by atoms with E-state index in [1.54, 1.807) is 0 Å². The third kappa shape index (κ3) is 7.05. The Morgan fingerprint density at radius 3 is 2.59 bits per heavy atom. The molecule has 0 radical (unpaired) electrons. The molecule has 0 aromatic rings. The minimum Gasteiger partial charge on any atom is -0.327 e. The molecule has 1 unspecified atom stereocenters. The Morgan fingerprint density at radius 2 is 2.00 bits per heavy atom. The summed E-state index contributed by atoms with van der Waals surface area (Å²) in [5.74, 6) is 0.842. The van der Waals surface area contributed by atoms with Crippen LogP contribution >= 0.6 is 0 Å². The minimum absolute atomic E-state index is 0.443. The Bertz CT molecular complexity index is 197. The Kier molecular flexibility index (Phi) is 6.50. The van der Waals surface area contributed by atoms with Gasteiger partial charge >= 0.3 is 0 Å². The van der Waals surface area contributed by atoms with Gasteiger partial charge in [-0.05, 0) is 43.6 Å². The van der Waals surface area contributed by atoms with Crippen molar-refractivity contribution < 1.29 is 0 Å². The predicted molar refractivity (Wildman–Crippen MR) is 76.1 cm³/mol. The molecule has 0 spiro atoms. The highest BCUT2D eigenvalue weighted by Crippen LogP contribution is 2.32. The molecule has 102 valence electrons. The van der Waals surface area contributed by atoms with Crippen molar-refractivity contribution in [3.05, 3.63) is 0 Å². The Labute approximate surface area is 108 Å². The van der Waals surface area contributed by atoms with Gasteiger partial charge < -0.3 is 11.1 Å². The van der Waals surface area contributed by atoms with Crippen LogP contribution in [0.25, 0.3) is 0 Å². The average Bonchev–Trinajstić information content (AvgIpc) is 3.08. The van der Waals surface area contributed by atoms with Crippen molar-refractivity contribution in [1.82, 2.24) is 5.32 Å². The zero-order valence-corrected chi connectivity index (χ0v) is 12.1. The summed E-state index contributed by atoms with van der Waals surface area (Å²) in [5.41, 5.74) is 6.53. The lowest BCUT2D eigenvalue weighted by Gasteiger charge is -2.25. The standard InChI is InChI=1S/C15H32N2/c1-4-5-6-10-15(2,3)12-17-11-9-14(16)13-7-8-13/h13-14,17H,4-12,16H2,1-3H3. The first kappa shape index (κ1) is 15.0. The van der Waals surface area contributed by atoms with Crippen LogP contribution in [-0.4, -0.2) is 19.1 Å². The number of hydrogen-bond donors (Lipinski definition) is 2. The molecule has 1 aliphatic rings. The van der Waals surface area contributed by atoms with Crippen molar-refractivity contribution in [3.63, 3.8) is 0 Å². The van der Waals surface area contributed by atoms with E-state index in [9.17, 15) is 0 Å². The molecule has 0 heterocycles. The van der Waals surface area contributed by atoms with Crippen molar-refractivity contribution in [3.8, 4) is 0 Å². The molecular weight excluding hydrogens is 208 g/mol. The van der Waals surface area contributed by atoms with Crippen LogP contribution in [0.2, 0.25) is 0 Å². The first-order valence-corrected chi connectivity index (χ1v) is 7.51. The molecule has 0 aliphatic heterocycles. The van der Waals surface area contributed by atoms with Crippen LogP contribution in [0.5, 0.6) is 0 Å². The fraction of sp³-hybridized carbons (Fsp3) is 1.00. The van der Waals surface area contributed by atoms with Crippen molar-refractivity contribution in [2.45, 2.75) is 71.8 Å². The van der Waals surface area contributed by atoms with Gasteiger partial charge in [-0.15, -0.1) is 0 Å². The molecule has 3 N–H and O–H groups in total. The lowest BCUT2D eigenvalue weighted by Crippen LogP contribution is -2.33. The molecule has 1 aliphatic carbocycles. The summed E-state index contributed by atoms with van der Waals surface area (Å²) in [6.45, 7) is 9.24. The maximum atomic E-state index is 6.09. The maximum absolute atomic E-state index is 6.09. The molecule has 0 amide bonds. The van der Waals surface area contributed by atoms with Crippen LogP contribution in [0, 0.1) is 11.3 Å². The summed E-state index contributed by atoms with van der Waals surface area (Å²) < 4.78 is 0. The van der Waals surface area contributed by atoms with Crippen molar-refractivity contribution in [2.24, 2.45) is 17.1 Å². The van der Waals surface area contributed by atoms with Gasteiger partial charge in [0.1, 0.15) is 0 Å². The van der Waals surface area contributed by atoms with Crippen LogP contribution in [0.3, 0.4) is 0 Å². The van der Waals surface area contributed by atoms with Crippen LogP contribution in [0.4, 0.5) is 0 Å². The van der Waals surface area contributed by atoms with Gasteiger partial charge in [-0.1, -0.05) is 40.0 Å². The van der Waals surface area contributed by atoms with E-state index in [1.165, 1.54) is 38.5 Å². The summed E-state index contributed by atoms with van der Waals surface area (Å²) in [7, 11) is 0. The minimum atomic E-state index is 0.443. The van der Waals surface area contributed by atoms with E-state index >= 15 is 0 Å². The van der Waals surface area contributed by atoms with Gasteiger partial charge in [-0.3, -0.25) is 0 Å². The Balaban J connectivity index is 1.99. The Hall–Kier alpha value is -0.0800. The van der Waals surface area contributed by atoms with Gasteiger partial charge in [0.25, 0.3) is 0 Å². The third-order valence-electron chi connectivity index (χ3n) is 3.94. The molecule has 0 bridgehead atoms. The summed E-state index contributed by atoms with van der Waals surface area (Å²) in [4.78, 5) is 0. The summed E-state index contributed by atoms with van der Waals surface area (Å²) in [6, 6.07) is 0.450. The number of nitrogens with two attached hydrogens (primary N) is 1. The highest BCUT2D eigenvalue weighted by atomic mass is 14.9. The van der Waals surface area contributed by atoms with Gasteiger partial charge in [-0.25, -0.2) is 0 Å². The summed E-state index contributed by atoms with van der Waals surface area (Å²) >= 11 is 0. The molecule has 2 heteroatoms. The molecule has 2 nitrogen and oxygen atoms in total. The Morgan fingerprint density at radius 1 is 1.29 bits per heavy atom. The summed E-state index contributed by atoms with van der Waals surface area (Å²) in [5, 5.41) is 3.59. The first-order valence-electron chi connectivity index (χ1n) is 7.51. The second kappa shape index (κ2) is 7.38. The molecule has 1 fully saturated rings. The molecule has 0 saturated heterocycles. The van der Waals surface area contributed by atoms with Crippen LogP contribution in [0.1, 0.15) is 65.7 Å². The highest BCUT2D eigenvalue weighted by Gasteiger charge is 2.27. The molecule has 0 aromatic heterocycles. The number of hydrogen-bond acceptors (Lipinski definition) is 2. The zero-order valence-electron chi connectivity index (χ0n) is 12.1. The highest BCUT2D eigenvalue weighted by molar-refractivity contribution is 4.84. The van der Waals surface area contributed by atoms with Gasteiger partial charge in [0.15, 0.2) is 0 Å². The topological polar surface area (TPSA) is 38.0 Å². The fourth-order valence-electron chi connectivity index (χ4n) is 2.40. The van der Waals surface area contributed by atoms with E-state index in [2.05, 4.69) is 26.1 Å². The average molecular weight is 240 g/mol. The fourth-order valence-corrected chi connectivity index (χ4v) is 2.40. The quantitative estimate of drug-likeness (QED) is 0.575. The second-order valence-electron chi connectivity index (χ2n) is 6.59. The van der Waals surface area contributed by atoms with E-state index in [1.807, 2.05) is 0 Å². The van der Waals surface area contributed by atoms with E-state index in [-0.39, 0.29) is 0 Å². The van der Waals surface area contributed by atoms with Crippen LogP contribution in [-0.2, 0) is 0 Å². The van der Waals surface area contributed by atoms with Gasteiger partial charge in [-0.2, -0.15) is 0 Å². The monoisotopic (exact) mass is 240 g/mol. The lowest BCUT2D eigenvalue weighted by molar-refractivity contribution is 0.300. The molecule has 1 atom stereocenters. The van der Waals surface area contributed by atoms with Crippen molar-refractivity contribution >= 4 is 0 Å². The van der Waals surface area contributed by atoms with Gasteiger partial charge in [0.05, 0.1) is 0 Å². The van der Waals surface area contributed by atoms with Crippen molar-refractivity contribution in [1.29, 1.82) is 0 Å². The SMILES string of the molecule is CCCCCC(C)(C)CNCCC(N)C1CC1. The molecule has 1 saturated carbocycles. The lowest BCUT2D eigenvalue weighted by atomic mass is 9.87. The van der Waals surface area contributed by atoms with E-state index < -0.39 is 0 Å². The normalized spacial score (nSPS) is 18.4. The third-order valence-corrected chi connectivity index (χ3v) is 3.94. The number of nitrogens with one attached hydrogen (secondary N) is 1. The smallest absolute Gasteiger partial charge is 0.00792 e. The van der Waals surface area contributed by atoms with Crippen LogP contribution in [0.15, 0.2) is 0 Å². The first-order chi connectivity index (χ1) is 8.05. The summed E-state index contributed by atoms with van der Waals surface area (Å²) in [6.07, 6.45) is 9.27. The number of rotatable bonds is 10. The molecule has 17 heavy (non-hydrogen) atoms.